The molecule has 5 heteroatoms. The van der Waals surface area contributed by atoms with Crippen molar-refractivity contribution in [2.75, 3.05) is 13.1 Å². The summed E-state index contributed by atoms with van der Waals surface area (Å²) in [6, 6.07) is -0.909. The number of nitrogens with zero attached hydrogens (tertiary/aromatic N) is 1. The highest BCUT2D eigenvalue weighted by atomic mass is 16.4. The van der Waals surface area contributed by atoms with Crippen LogP contribution >= 0.6 is 0 Å². The molecule has 0 saturated carbocycles. The number of rotatable bonds is 3. The smallest absolute Gasteiger partial charge is 0.305 e. The molecule has 0 bridgehead atoms. The lowest BCUT2D eigenvalue weighted by Crippen LogP contribution is -2.49. The van der Waals surface area contributed by atoms with Gasteiger partial charge in [-0.25, -0.2) is 0 Å². The lowest BCUT2D eigenvalue weighted by atomic mass is 9.75. The number of carboxylic acids is 1. The van der Waals surface area contributed by atoms with Crippen molar-refractivity contribution in [3.63, 3.8) is 0 Å². The number of carbonyl (C=O) groups excluding carboxylic acids is 1. The van der Waals surface area contributed by atoms with E-state index in [0.717, 1.165) is 12.8 Å². The number of amides is 1. The molecule has 3 N–H and O–H groups in total. The Balaban J connectivity index is 2.48. The first kappa shape index (κ1) is 15.0. The molecule has 1 unspecified atom stereocenters. The van der Waals surface area contributed by atoms with Gasteiger partial charge in [-0.2, -0.15) is 0 Å². The van der Waals surface area contributed by atoms with Gasteiger partial charge in [-0.1, -0.05) is 20.8 Å². The standard InChI is InChI=1S/C13H24N2O3/c1-13(2,3)9-4-6-15(7-5-9)12(18)10(14)8-11(16)17/h9-10H,4-8,14H2,1-3H3,(H,16,17). The summed E-state index contributed by atoms with van der Waals surface area (Å²) in [6.45, 7) is 8.02. The van der Waals surface area contributed by atoms with Crippen LogP contribution in [0.2, 0.25) is 0 Å². The summed E-state index contributed by atoms with van der Waals surface area (Å²) in [4.78, 5) is 24.2. The Kier molecular flexibility index (Phi) is 4.73. The van der Waals surface area contributed by atoms with Gasteiger partial charge >= 0.3 is 5.97 Å². The molecule has 0 aromatic heterocycles. The van der Waals surface area contributed by atoms with Crippen molar-refractivity contribution in [1.82, 2.24) is 4.90 Å². The predicted molar refractivity (Wildman–Crippen MR) is 69.0 cm³/mol. The van der Waals surface area contributed by atoms with Gasteiger partial charge in [0.05, 0.1) is 12.5 Å². The zero-order chi connectivity index (χ0) is 13.9. The molecule has 1 aliphatic rings. The van der Waals surface area contributed by atoms with Crippen molar-refractivity contribution in [3.05, 3.63) is 0 Å². The van der Waals surface area contributed by atoms with Gasteiger partial charge in [-0.05, 0) is 24.2 Å². The van der Waals surface area contributed by atoms with E-state index in [9.17, 15) is 9.59 Å². The average Bonchev–Trinajstić information content (AvgIpc) is 2.26. The first-order valence-electron chi connectivity index (χ1n) is 6.48. The maximum atomic E-state index is 11.9. The van der Waals surface area contributed by atoms with E-state index in [1.807, 2.05) is 0 Å². The number of hydrogen-bond donors (Lipinski definition) is 2. The molecule has 1 fully saturated rings. The molecular weight excluding hydrogens is 232 g/mol. The molecule has 1 amide bonds. The Morgan fingerprint density at radius 2 is 1.83 bits per heavy atom. The highest BCUT2D eigenvalue weighted by Crippen LogP contribution is 2.34. The molecule has 1 rings (SSSR count). The average molecular weight is 256 g/mol. The predicted octanol–water partition coefficient (Wildman–Crippen LogP) is 1.07. The Morgan fingerprint density at radius 1 is 1.33 bits per heavy atom. The van der Waals surface area contributed by atoms with Gasteiger partial charge in [0.2, 0.25) is 5.91 Å². The van der Waals surface area contributed by atoms with Gasteiger partial charge in [0.25, 0.3) is 0 Å². The number of aliphatic carboxylic acids is 1. The van der Waals surface area contributed by atoms with E-state index in [0.29, 0.717) is 19.0 Å². The van der Waals surface area contributed by atoms with Crippen LogP contribution in [0.15, 0.2) is 0 Å². The minimum Gasteiger partial charge on any atom is -0.481 e. The normalized spacial score (nSPS) is 19.7. The molecule has 0 aromatic carbocycles. The molecule has 0 aromatic rings. The number of likely N-dealkylation sites (tertiary alicyclic amines) is 1. The third-order valence-electron chi connectivity index (χ3n) is 3.74. The van der Waals surface area contributed by atoms with E-state index < -0.39 is 12.0 Å². The Morgan fingerprint density at radius 3 is 2.22 bits per heavy atom. The Bertz CT molecular complexity index is 315. The van der Waals surface area contributed by atoms with Crippen molar-refractivity contribution in [2.24, 2.45) is 17.1 Å². The fourth-order valence-corrected chi connectivity index (χ4v) is 2.48. The molecule has 1 atom stereocenters. The summed E-state index contributed by atoms with van der Waals surface area (Å²) in [5.41, 5.74) is 5.86. The van der Waals surface area contributed by atoms with Gasteiger partial charge in [0.15, 0.2) is 0 Å². The summed E-state index contributed by atoms with van der Waals surface area (Å²) in [6.07, 6.45) is 1.64. The first-order valence-corrected chi connectivity index (χ1v) is 6.48. The number of carbonyl (C=O) groups is 2. The fourth-order valence-electron chi connectivity index (χ4n) is 2.48. The quantitative estimate of drug-likeness (QED) is 0.791. The topological polar surface area (TPSA) is 83.6 Å². The van der Waals surface area contributed by atoms with Gasteiger partial charge in [0, 0.05) is 13.1 Å². The maximum absolute atomic E-state index is 11.9. The van der Waals surface area contributed by atoms with Crippen LogP contribution in [-0.2, 0) is 9.59 Å². The van der Waals surface area contributed by atoms with Crippen LogP contribution in [-0.4, -0.2) is 41.0 Å². The first-order chi connectivity index (χ1) is 8.21. The summed E-state index contributed by atoms with van der Waals surface area (Å²) >= 11 is 0. The molecule has 0 radical (unpaired) electrons. The van der Waals surface area contributed by atoms with Gasteiger partial charge in [-0.15, -0.1) is 0 Å². The molecule has 1 saturated heterocycles. The van der Waals surface area contributed by atoms with Crippen LogP contribution in [0.25, 0.3) is 0 Å². The number of carboxylic acid groups (broad SMARTS) is 1. The van der Waals surface area contributed by atoms with Crippen molar-refractivity contribution < 1.29 is 14.7 Å². The summed E-state index contributed by atoms with van der Waals surface area (Å²) < 4.78 is 0. The van der Waals surface area contributed by atoms with Crippen LogP contribution in [0.1, 0.15) is 40.0 Å². The van der Waals surface area contributed by atoms with E-state index in [4.69, 9.17) is 10.8 Å². The molecule has 104 valence electrons. The molecule has 1 heterocycles. The summed E-state index contributed by atoms with van der Waals surface area (Å²) in [7, 11) is 0. The molecular formula is C13H24N2O3. The maximum Gasteiger partial charge on any atom is 0.305 e. The SMILES string of the molecule is CC(C)(C)C1CCN(C(=O)C(N)CC(=O)O)CC1. The summed E-state index contributed by atoms with van der Waals surface area (Å²) in [5.74, 6) is -0.651. The minimum atomic E-state index is -1.03. The molecule has 1 aliphatic heterocycles. The number of piperidine rings is 1. The number of nitrogens with two attached hydrogens (primary N) is 1. The van der Waals surface area contributed by atoms with Gasteiger partial charge in [0.1, 0.15) is 0 Å². The second-order valence-corrected chi connectivity index (χ2v) is 6.17. The van der Waals surface area contributed by atoms with E-state index in [2.05, 4.69) is 20.8 Å². The van der Waals surface area contributed by atoms with Crippen LogP contribution < -0.4 is 5.73 Å². The molecule has 5 nitrogen and oxygen atoms in total. The second-order valence-electron chi connectivity index (χ2n) is 6.17. The van der Waals surface area contributed by atoms with E-state index >= 15 is 0 Å². The Hall–Kier alpha value is -1.10. The summed E-state index contributed by atoms with van der Waals surface area (Å²) in [5, 5.41) is 8.63. The van der Waals surface area contributed by atoms with Crippen molar-refractivity contribution >= 4 is 11.9 Å². The third-order valence-corrected chi connectivity index (χ3v) is 3.74. The van der Waals surface area contributed by atoms with Crippen molar-refractivity contribution in [3.8, 4) is 0 Å². The molecule has 0 aliphatic carbocycles. The highest BCUT2D eigenvalue weighted by Gasteiger charge is 2.32. The van der Waals surface area contributed by atoms with Gasteiger partial charge < -0.3 is 15.7 Å². The van der Waals surface area contributed by atoms with Crippen molar-refractivity contribution in [1.29, 1.82) is 0 Å². The van der Waals surface area contributed by atoms with Crippen LogP contribution in [0, 0.1) is 11.3 Å². The third kappa shape index (κ3) is 3.98. The lowest BCUT2D eigenvalue weighted by Gasteiger charge is -2.39. The lowest BCUT2D eigenvalue weighted by molar-refractivity contribution is -0.142. The zero-order valence-electron chi connectivity index (χ0n) is 11.5. The monoisotopic (exact) mass is 256 g/mol. The van der Waals surface area contributed by atoms with Crippen LogP contribution in [0.3, 0.4) is 0 Å². The second kappa shape index (κ2) is 5.69. The number of hydrogen-bond acceptors (Lipinski definition) is 3. The van der Waals surface area contributed by atoms with Gasteiger partial charge in [-0.3, -0.25) is 9.59 Å². The molecule has 18 heavy (non-hydrogen) atoms. The highest BCUT2D eigenvalue weighted by molar-refractivity contribution is 5.86. The van der Waals surface area contributed by atoms with Crippen molar-refractivity contribution in [2.45, 2.75) is 46.1 Å². The minimum absolute atomic E-state index is 0.232. The van der Waals surface area contributed by atoms with Crippen LogP contribution in [0.5, 0.6) is 0 Å². The fraction of sp³-hybridized carbons (Fsp3) is 0.846. The van der Waals surface area contributed by atoms with Crippen LogP contribution in [0.4, 0.5) is 0 Å². The molecule has 0 spiro atoms. The van der Waals surface area contributed by atoms with E-state index in [-0.39, 0.29) is 17.7 Å². The van der Waals surface area contributed by atoms with E-state index in [1.165, 1.54) is 0 Å². The van der Waals surface area contributed by atoms with E-state index in [1.54, 1.807) is 4.90 Å². The Labute approximate surface area is 108 Å². The zero-order valence-corrected chi connectivity index (χ0v) is 11.5. The largest absolute Gasteiger partial charge is 0.481 e.